The molecular formula is C23H18F3N5O3. The van der Waals surface area contributed by atoms with Gasteiger partial charge in [-0.15, -0.1) is 23.0 Å². The number of alkyl halides is 3. The fourth-order valence-electron chi connectivity index (χ4n) is 4.35. The highest BCUT2D eigenvalue weighted by molar-refractivity contribution is 6.05. The Morgan fingerprint density at radius 2 is 1.74 bits per heavy atom. The molecule has 3 heterocycles. The molecule has 1 N–H and O–H groups in total. The van der Waals surface area contributed by atoms with Crippen LogP contribution in [0, 0.1) is 6.92 Å². The van der Waals surface area contributed by atoms with Crippen molar-refractivity contribution in [2.45, 2.75) is 38.7 Å². The maximum absolute atomic E-state index is 13.7. The van der Waals surface area contributed by atoms with Crippen LogP contribution in [0.15, 0.2) is 42.5 Å². The van der Waals surface area contributed by atoms with Gasteiger partial charge >= 0.3 is 6.30 Å². The summed E-state index contributed by atoms with van der Waals surface area (Å²) in [7, 11) is 0. The first-order valence-electron chi connectivity index (χ1n) is 10.5. The fraction of sp³-hybridized carbons (Fsp3) is 0.261. The molecule has 1 aromatic heterocycles. The molecule has 0 aliphatic carbocycles. The monoisotopic (exact) mass is 469 g/mol. The van der Waals surface area contributed by atoms with Gasteiger partial charge in [0.25, 0.3) is 5.91 Å². The van der Waals surface area contributed by atoms with Gasteiger partial charge in [-0.1, -0.05) is 41.1 Å². The highest BCUT2D eigenvalue weighted by atomic mass is 19.4. The minimum Gasteiger partial charge on any atom is -0.322 e. The molecule has 0 bridgehead atoms. The standard InChI is InChI=1S/C23H18F3N5O3/c1-12-2-4-13(5-3-12)20-19(28-29-31(20)23(24,25)26)14-6-7-16-15(10-14)11-30(22(16)34)17-8-9-18(32)27-21(17)33/h2-7,10,17H,8-9,11H2,1H3,(H,27,32,33). The van der Waals surface area contributed by atoms with Crippen LogP contribution in [0.5, 0.6) is 0 Å². The van der Waals surface area contributed by atoms with Crippen LogP contribution in [0.4, 0.5) is 13.2 Å². The number of aromatic nitrogens is 3. The largest absolute Gasteiger partial charge is 0.506 e. The van der Waals surface area contributed by atoms with E-state index in [4.69, 9.17) is 0 Å². The lowest BCUT2D eigenvalue weighted by atomic mass is 10.00. The van der Waals surface area contributed by atoms with Crippen LogP contribution in [0.2, 0.25) is 0 Å². The van der Waals surface area contributed by atoms with E-state index in [1.54, 1.807) is 30.3 Å². The lowest BCUT2D eigenvalue weighted by Gasteiger charge is -2.29. The van der Waals surface area contributed by atoms with Crippen LogP contribution >= 0.6 is 0 Å². The van der Waals surface area contributed by atoms with Crippen molar-refractivity contribution < 1.29 is 27.6 Å². The second-order valence-corrected chi connectivity index (χ2v) is 8.30. The molecule has 3 amide bonds. The Hall–Kier alpha value is -4.02. The summed E-state index contributed by atoms with van der Waals surface area (Å²) in [6.45, 7) is 1.93. The van der Waals surface area contributed by atoms with Gasteiger partial charge in [-0.05, 0) is 31.0 Å². The molecule has 2 aliphatic heterocycles. The number of piperidine rings is 1. The molecule has 1 fully saturated rings. The number of hydrogen-bond donors (Lipinski definition) is 1. The Balaban J connectivity index is 1.54. The molecule has 0 spiro atoms. The van der Waals surface area contributed by atoms with Crippen molar-refractivity contribution in [3.8, 4) is 22.5 Å². The van der Waals surface area contributed by atoms with E-state index in [-0.39, 0.29) is 47.3 Å². The molecule has 1 atom stereocenters. The number of amides is 3. The first kappa shape index (κ1) is 21.8. The number of benzene rings is 2. The van der Waals surface area contributed by atoms with Crippen LogP contribution in [0.25, 0.3) is 22.5 Å². The van der Waals surface area contributed by atoms with Crippen LogP contribution in [0.1, 0.15) is 34.3 Å². The molecule has 2 aromatic carbocycles. The number of carbonyl (C=O) groups is 3. The van der Waals surface area contributed by atoms with Gasteiger partial charge in [-0.3, -0.25) is 19.7 Å². The molecule has 1 saturated heterocycles. The molecule has 3 aromatic rings. The highest BCUT2D eigenvalue weighted by Gasteiger charge is 2.40. The summed E-state index contributed by atoms with van der Waals surface area (Å²) >= 11 is 0. The summed E-state index contributed by atoms with van der Waals surface area (Å²) in [5.41, 5.74) is 2.28. The van der Waals surface area contributed by atoms with Gasteiger partial charge < -0.3 is 4.90 Å². The number of rotatable bonds is 3. The zero-order valence-corrected chi connectivity index (χ0v) is 17.9. The number of halogens is 3. The molecule has 0 radical (unpaired) electrons. The molecule has 5 rings (SSSR count). The number of fused-ring (bicyclic) bond motifs is 1. The second kappa shape index (κ2) is 7.79. The summed E-state index contributed by atoms with van der Waals surface area (Å²) < 4.78 is 41.0. The number of aryl methyl sites for hydroxylation is 1. The van der Waals surface area contributed by atoms with E-state index in [0.717, 1.165) is 5.56 Å². The van der Waals surface area contributed by atoms with E-state index in [2.05, 4.69) is 15.6 Å². The van der Waals surface area contributed by atoms with Gasteiger partial charge in [0.1, 0.15) is 17.4 Å². The zero-order valence-electron chi connectivity index (χ0n) is 17.9. The molecule has 2 aliphatic rings. The molecular weight excluding hydrogens is 451 g/mol. The van der Waals surface area contributed by atoms with E-state index in [0.29, 0.717) is 22.3 Å². The number of carbonyl (C=O) groups excluding carboxylic acids is 3. The van der Waals surface area contributed by atoms with Crippen molar-refractivity contribution in [2.24, 2.45) is 0 Å². The number of nitrogens with one attached hydrogen (secondary N) is 1. The zero-order chi connectivity index (χ0) is 24.2. The number of nitrogens with zero attached hydrogens (tertiary/aromatic N) is 4. The van der Waals surface area contributed by atoms with Gasteiger partial charge in [-0.2, -0.15) is 0 Å². The van der Waals surface area contributed by atoms with Crippen molar-refractivity contribution in [3.63, 3.8) is 0 Å². The van der Waals surface area contributed by atoms with Crippen molar-refractivity contribution in [3.05, 3.63) is 59.2 Å². The van der Waals surface area contributed by atoms with Crippen molar-refractivity contribution in [1.82, 2.24) is 25.2 Å². The van der Waals surface area contributed by atoms with Gasteiger partial charge in [0.15, 0.2) is 0 Å². The first-order valence-corrected chi connectivity index (χ1v) is 10.5. The van der Waals surface area contributed by atoms with Gasteiger partial charge in [-0.25, -0.2) is 0 Å². The van der Waals surface area contributed by atoms with Crippen LogP contribution in [0.3, 0.4) is 0 Å². The highest BCUT2D eigenvalue weighted by Crippen LogP contribution is 2.37. The topological polar surface area (TPSA) is 97.2 Å². The minimum atomic E-state index is -4.78. The lowest BCUT2D eigenvalue weighted by Crippen LogP contribution is -2.52. The number of hydrogen-bond acceptors (Lipinski definition) is 5. The third-order valence-corrected chi connectivity index (χ3v) is 6.03. The fourth-order valence-corrected chi connectivity index (χ4v) is 4.35. The Labute approximate surface area is 191 Å². The van der Waals surface area contributed by atoms with E-state index in [1.165, 1.54) is 17.0 Å². The quantitative estimate of drug-likeness (QED) is 0.595. The number of imide groups is 1. The normalized spacial score (nSPS) is 18.3. The predicted molar refractivity (Wildman–Crippen MR) is 113 cm³/mol. The van der Waals surface area contributed by atoms with Gasteiger partial charge in [0.2, 0.25) is 11.8 Å². The third kappa shape index (κ3) is 3.62. The van der Waals surface area contributed by atoms with Crippen LogP contribution < -0.4 is 5.32 Å². The van der Waals surface area contributed by atoms with E-state index >= 15 is 0 Å². The summed E-state index contributed by atoms with van der Waals surface area (Å²) in [5, 5.41) is 9.41. The molecule has 1 unspecified atom stereocenters. The summed E-state index contributed by atoms with van der Waals surface area (Å²) in [6, 6.07) is 10.4. The van der Waals surface area contributed by atoms with E-state index < -0.39 is 18.2 Å². The van der Waals surface area contributed by atoms with Gasteiger partial charge in [0, 0.05) is 29.7 Å². The minimum absolute atomic E-state index is 0.0240. The van der Waals surface area contributed by atoms with Crippen molar-refractivity contribution >= 4 is 17.7 Å². The Bertz CT molecular complexity index is 1330. The molecule has 34 heavy (non-hydrogen) atoms. The lowest BCUT2D eigenvalue weighted by molar-refractivity contribution is -0.211. The maximum Gasteiger partial charge on any atom is 0.506 e. The molecule has 174 valence electrons. The predicted octanol–water partition coefficient (Wildman–Crippen LogP) is 3.16. The Morgan fingerprint density at radius 1 is 1.03 bits per heavy atom. The Kier molecular flexibility index (Phi) is 4.99. The Morgan fingerprint density at radius 3 is 2.41 bits per heavy atom. The molecule has 11 heteroatoms. The third-order valence-electron chi connectivity index (χ3n) is 6.03. The van der Waals surface area contributed by atoms with Gasteiger partial charge in [0.05, 0.1) is 0 Å². The average molecular weight is 469 g/mol. The van der Waals surface area contributed by atoms with Crippen LogP contribution in [-0.4, -0.2) is 43.7 Å². The smallest absolute Gasteiger partial charge is 0.322 e. The summed E-state index contributed by atoms with van der Waals surface area (Å²) in [4.78, 5) is 38.0. The van der Waals surface area contributed by atoms with E-state index in [9.17, 15) is 27.6 Å². The van der Waals surface area contributed by atoms with E-state index in [1.807, 2.05) is 6.92 Å². The summed E-state index contributed by atoms with van der Waals surface area (Å²) in [5.74, 6) is -1.29. The summed E-state index contributed by atoms with van der Waals surface area (Å²) in [6.07, 6.45) is -4.43. The second-order valence-electron chi connectivity index (χ2n) is 8.30. The van der Waals surface area contributed by atoms with Crippen LogP contribution in [-0.2, 0) is 22.4 Å². The van der Waals surface area contributed by atoms with Crippen molar-refractivity contribution in [1.29, 1.82) is 0 Å². The molecule has 8 nitrogen and oxygen atoms in total. The SMILES string of the molecule is Cc1ccc(-c2c(-c3ccc4c(c3)CN(C3CCC(=O)NC3=O)C4=O)nnn2C(F)(F)F)cc1. The molecule has 0 saturated carbocycles. The maximum atomic E-state index is 13.7. The van der Waals surface area contributed by atoms with Crippen molar-refractivity contribution in [2.75, 3.05) is 0 Å². The average Bonchev–Trinajstić information content (AvgIpc) is 3.36. The first-order chi connectivity index (χ1) is 16.1.